The van der Waals surface area contributed by atoms with Crippen molar-refractivity contribution < 1.29 is 64.7 Å². The fraction of sp³-hybridized carbons (Fsp3) is 0.167. The van der Waals surface area contributed by atoms with Crippen molar-refractivity contribution in [2.45, 2.75) is 52.0 Å². The summed E-state index contributed by atoms with van der Waals surface area (Å²) in [7, 11) is 5.92. The molecular weight excluding hydrogens is 1330 g/mol. The van der Waals surface area contributed by atoms with Gasteiger partial charge in [0.25, 0.3) is 0 Å². The second kappa shape index (κ2) is 30.3. The molecule has 23 heteroatoms. The maximum atomic E-state index is 13.3. The van der Waals surface area contributed by atoms with Gasteiger partial charge >= 0.3 is 29.0 Å². The first kappa shape index (κ1) is 66.2. The molecule has 0 amide bonds. The normalized spacial score (nSPS) is 11.5. The van der Waals surface area contributed by atoms with Gasteiger partial charge in [-0.25, -0.2) is 19.6 Å². The zero-order valence-electron chi connectivity index (χ0n) is 51.4. The van der Waals surface area contributed by atoms with Gasteiger partial charge in [-0.3, -0.25) is 9.59 Å². The summed E-state index contributed by atoms with van der Waals surface area (Å²) in [5, 5.41) is 2.80. The van der Waals surface area contributed by atoms with Crippen molar-refractivity contribution in [3.63, 3.8) is 0 Å². The Balaban J connectivity index is 0.00000864. The Bertz CT molecular complexity index is 4900. The maximum Gasteiger partial charge on any atom is 2.00 e. The summed E-state index contributed by atoms with van der Waals surface area (Å²) in [6.07, 6.45) is 0.471. The fourth-order valence-corrected chi connectivity index (χ4v) is 14.6. The third-order valence-electron chi connectivity index (χ3n) is 15.3. The van der Waals surface area contributed by atoms with E-state index in [1.54, 1.807) is 38.5 Å². The fourth-order valence-electron chi connectivity index (χ4n) is 10.7. The number of rotatable bonds is 24. The van der Waals surface area contributed by atoms with Crippen molar-refractivity contribution in [1.29, 1.82) is 0 Å². The van der Waals surface area contributed by atoms with E-state index in [0.717, 1.165) is 39.2 Å². The molecule has 8 aromatic carbocycles. The molecule has 0 unspecified atom stereocenters. The predicted molar refractivity (Wildman–Crippen MR) is 362 cm³/mol. The summed E-state index contributed by atoms with van der Waals surface area (Å²) in [4.78, 5) is 101. The second-order valence-corrected chi connectivity index (χ2v) is 25.7. The molecule has 1 radical (unpaired) electrons. The largest absolute Gasteiger partial charge is 2.00 e. The Hall–Kier alpha value is -8.84. The number of carbonyl (C=O) groups excluding carboxylic acids is 4. The number of Topliss-reactive ketones (excluding diaryl/α,β-unsaturated/α-hetero) is 2. The zero-order valence-corrected chi connectivity index (χ0v) is 55.6. The van der Waals surface area contributed by atoms with Crippen LogP contribution < -0.4 is 9.97 Å². The van der Waals surface area contributed by atoms with Crippen molar-refractivity contribution >= 4 is 115 Å². The van der Waals surface area contributed by atoms with Crippen molar-refractivity contribution in [2.75, 3.05) is 68.1 Å². The van der Waals surface area contributed by atoms with Gasteiger partial charge in [0.1, 0.15) is 0 Å². The average Bonchev–Trinajstić information content (AvgIpc) is 1.61. The monoisotopic (exact) mass is 1380 g/mol. The van der Waals surface area contributed by atoms with Gasteiger partial charge in [0.05, 0.1) is 88.3 Å². The number of carbonyl (C=O) groups is 4. The molecule has 0 atom stereocenters. The zero-order chi connectivity index (χ0) is 64.7. The van der Waals surface area contributed by atoms with E-state index in [0.29, 0.717) is 145 Å². The Morgan fingerprint density at radius 3 is 1.08 bits per heavy atom. The van der Waals surface area contributed by atoms with Crippen LogP contribution in [0.3, 0.4) is 0 Å². The van der Waals surface area contributed by atoms with Crippen molar-refractivity contribution in [3.05, 3.63) is 192 Å². The molecular formula is C72H56CuN8O10S4. The number of fused-ring (bicyclic) bond motifs is 20. The predicted octanol–water partition coefficient (Wildman–Crippen LogP) is 14.8. The summed E-state index contributed by atoms with van der Waals surface area (Å²) >= 11 is 5.97. The first-order chi connectivity index (χ1) is 46.0. The third-order valence-corrected chi connectivity index (χ3v) is 19.6. The Morgan fingerprint density at radius 2 is 0.695 bits per heavy atom. The minimum absolute atomic E-state index is 0. The molecule has 0 aliphatic carbocycles. The molecule has 11 aromatic rings. The van der Waals surface area contributed by atoms with Gasteiger partial charge < -0.3 is 58.3 Å². The van der Waals surface area contributed by atoms with Gasteiger partial charge in [-0.15, -0.1) is 0 Å². The number of nitrogens with zero attached hydrogens (tertiary/aromatic N) is 8. The molecule has 18 nitrogen and oxygen atoms in total. The quantitative estimate of drug-likeness (QED) is 0.0237. The van der Waals surface area contributed by atoms with Crippen LogP contribution in [0.25, 0.3) is 89.7 Å². The minimum atomic E-state index is -0.442. The summed E-state index contributed by atoms with van der Waals surface area (Å²) in [6, 6.07) is 53.1. The summed E-state index contributed by atoms with van der Waals surface area (Å²) < 4.78 is 31.3. The van der Waals surface area contributed by atoms with E-state index in [-0.39, 0.29) is 48.1 Å². The Labute approximate surface area is 573 Å². The van der Waals surface area contributed by atoms with Gasteiger partial charge in [0.2, 0.25) is 0 Å². The molecule has 5 heterocycles. The molecule has 0 saturated carbocycles. The average molecular weight is 1390 g/mol. The molecule has 0 N–H and O–H groups in total. The molecule has 2 aliphatic rings. The van der Waals surface area contributed by atoms with E-state index >= 15 is 0 Å². The molecule has 2 aliphatic heterocycles. The summed E-state index contributed by atoms with van der Waals surface area (Å²) in [6.45, 7) is 2.29. The minimum Gasteiger partial charge on any atom is -0.465 e. The van der Waals surface area contributed by atoms with Crippen LogP contribution in [-0.2, 0) is 45.5 Å². The van der Waals surface area contributed by atoms with Crippen LogP contribution in [0.5, 0.6) is 0 Å². The SMILES string of the molecule is COCCOCCC(=O)c1ccc(Sc2cccc3c4nc5nc(nc6[n-]c(nc7nc(nc([n-]4)c23)-c2cccc(Sc3ccc(C(=O)OC)cc3)c2-7)c2cccc(Sc3ccc(C(=O)CCOCCOC)cc3)c62)-c2c(Sc3ccc(C(=O)OC)cc3)cccc2-5)cc1.[Cu+2]. The number of hydrogen-bond donors (Lipinski definition) is 0. The van der Waals surface area contributed by atoms with Crippen molar-refractivity contribution in [1.82, 2.24) is 39.9 Å². The molecule has 0 spiro atoms. The first-order valence-electron chi connectivity index (χ1n) is 29.8. The van der Waals surface area contributed by atoms with Gasteiger partial charge in [-0.2, -0.15) is 0 Å². The molecule has 479 valence electrons. The van der Waals surface area contributed by atoms with Gasteiger partial charge in [0.15, 0.2) is 11.6 Å². The smallest absolute Gasteiger partial charge is 0.465 e. The van der Waals surface area contributed by atoms with Crippen LogP contribution in [-0.4, -0.2) is 121 Å². The standard InChI is InChI=1S/C72H56N8O10S4.Cu/c1-85-37-39-89-35-33-53(81)41-17-25-45(26-18-41)91-55-13-5-9-49-59(55)67-74-63(49)73-64-50-10-6-15-57(94-48-31-23-44(24-32-48)72(84)88-4)61(50)69(75-64)80-70-62-52(12-8-16-58(62)92-46-27-19-42(20-28-46)54(82)34-36-90-40-38-86-2)66(79-70)78-68-60-51(65(76-67)77-68)11-7-14-56(60)93-47-29-21-43(22-30-47)71(83)87-3;/h5-32H,33-40H2,1-4H3;/q-2;+2. The summed E-state index contributed by atoms with van der Waals surface area (Å²) in [5.74, 6) is 0.431. The van der Waals surface area contributed by atoms with Crippen molar-refractivity contribution in [2.24, 2.45) is 0 Å². The summed E-state index contributed by atoms with van der Waals surface area (Å²) in [5.41, 5.74) is 6.15. The Kier molecular flexibility index (Phi) is 21.1. The molecule has 13 rings (SSSR count). The second-order valence-electron chi connectivity index (χ2n) is 21.2. The van der Waals surface area contributed by atoms with Crippen LogP contribution in [0, 0.1) is 0 Å². The van der Waals surface area contributed by atoms with Gasteiger partial charge in [-0.05, 0) is 108 Å². The molecule has 95 heavy (non-hydrogen) atoms. The third kappa shape index (κ3) is 14.6. The van der Waals surface area contributed by atoms with Gasteiger partial charge in [-0.1, -0.05) is 120 Å². The number of aromatic nitrogens is 8. The van der Waals surface area contributed by atoms with E-state index in [2.05, 4.69) is 0 Å². The van der Waals surface area contributed by atoms with Crippen LogP contribution in [0.1, 0.15) is 54.3 Å². The molecule has 8 bridgehead atoms. The number of methoxy groups -OCH3 is 4. The first-order valence-corrected chi connectivity index (χ1v) is 33.0. The number of ether oxygens (including phenoxy) is 6. The molecule has 0 saturated heterocycles. The number of ketones is 2. The maximum absolute atomic E-state index is 13.3. The van der Waals surface area contributed by atoms with Crippen molar-refractivity contribution in [3.8, 4) is 45.6 Å². The number of esters is 2. The van der Waals surface area contributed by atoms with Crippen LogP contribution in [0.2, 0.25) is 0 Å². The van der Waals surface area contributed by atoms with E-state index < -0.39 is 11.9 Å². The van der Waals surface area contributed by atoms with Gasteiger partial charge in [0, 0.05) is 133 Å². The van der Waals surface area contributed by atoms with E-state index in [4.69, 9.17) is 68.3 Å². The van der Waals surface area contributed by atoms with Crippen LogP contribution in [0.4, 0.5) is 0 Å². The van der Waals surface area contributed by atoms with E-state index in [9.17, 15) is 19.2 Å². The molecule has 0 fully saturated rings. The van der Waals surface area contributed by atoms with Crippen LogP contribution in [0.15, 0.2) is 209 Å². The molecule has 3 aromatic heterocycles. The number of benzene rings is 8. The topological polar surface area (TPSA) is 229 Å². The number of hydrogen-bond acceptors (Lipinski definition) is 20. The van der Waals surface area contributed by atoms with E-state index in [1.165, 1.54) is 61.3 Å². The Morgan fingerprint density at radius 1 is 0.358 bits per heavy atom. The van der Waals surface area contributed by atoms with E-state index in [1.807, 2.05) is 146 Å². The van der Waals surface area contributed by atoms with Crippen LogP contribution >= 0.6 is 47.0 Å².